The van der Waals surface area contributed by atoms with Crippen molar-refractivity contribution in [3.8, 4) is 0 Å². The number of urea groups is 1. The molecule has 0 saturated heterocycles. The van der Waals surface area contributed by atoms with Gasteiger partial charge in [-0.05, 0) is 24.3 Å². The van der Waals surface area contributed by atoms with Crippen LogP contribution in [0.15, 0.2) is 53.4 Å². The number of rotatable bonds is 6. The van der Waals surface area contributed by atoms with Gasteiger partial charge in [0.15, 0.2) is 6.61 Å². The molecule has 0 radical (unpaired) electrons. The zero-order chi connectivity index (χ0) is 18.9. The van der Waals surface area contributed by atoms with Crippen molar-refractivity contribution < 1.29 is 23.5 Å². The van der Waals surface area contributed by atoms with Crippen LogP contribution in [0.2, 0.25) is 5.02 Å². The summed E-state index contributed by atoms with van der Waals surface area (Å²) < 4.78 is 18.2. The van der Waals surface area contributed by atoms with Crippen LogP contribution in [-0.4, -0.2) is 30.3 Å². The van der Waals surface area contributed by atoms with E-state index in [9.17, 15) is 18.8 Å². The smallest absolute Gasteiger partial charge is 0.326 e. The first kappa shape index (κ1) is 19.7. The van der Waals surface area contributed by atoms with Crippen LogP contribution >= 0.6 is 23.4 Å². The number of carbonyl (C=O) groups is 3. The fourth-order valence-corrected chi connectivity index (χ4v) is 2.80. The standard InChI is InChI=1S/C17H14ClFN2O4S/c18-11-5-1-4-8-14(11)26-10-16(23)25-9-15(22)21-17(24)20-13-7-3-2-6-12(13)19/h1-8H,9-10H2,(H2,20,21,22,24). The van der Waals surface area contributed by atoms with Gasteiger partial charge < -0.3 is 10.1 Å². The molecule has 136 valence electrons. The lowest BCUT2D eigenvalue weighted by atomic mass is 10.3. The summed E-state index contributed by atoms with van der Waals surface area (Å²) in [5, 5.41) is 4.62. The number of nitrogens with one attached hydrogen (secondary N) is 2. The Morgan fingerprint density at radius 2 is 1.77 bits per heavy atom. The molecular formula is C17H14ClFN2O4S. The van der Waals surface area contributed by atoms with Crippen molar-refractivity contribution in [2.75, 3.05) is 17.7 Å². The Balaban J connectivity index is 1.71. The maximum Gasteiger partial charge on any atom is 0.326 e. The molecule has 2 rings (SSSR count). The molecule has 6 nitrogen and oxygen atoms in total. The van der Waals surface area contributed by atoms with Crippen molar-refractivity contribution in [3.63, 3.8) is 0 Å². The lowest BCUT2D eigenvalue weighted by Crippen LogP contribution is -2.37. The molecular weight excluding hydrogens is 383 g/mol. The van der Waals surface area contributed by atoms with E-state index in [0.29, 0.717) is 9.92 Å². The van der Waals surface area contributed by atoms with Crippen LogP contribution in [0.3, 0.4) is 0 Å². The van der Waals surface area contributed by atoms with Crippen LogP contribution < -0.4 is 10.6 Å². The number of halogens is 2. The van der Waals surface area contributed by atoms with Crippen LogP contribution in [0.4, 0.5) is 14.9 Å². The Bertz CT molecular complexity index is 819. The van der Waals surface area contributed by atoms with Crippen LogP contribution in [0, 0.1) is 5.82 Å². The number of carbonyl (C=O) groups excluding carboxylic acids is 3. The number of amides is 3. The molecule has 0 spiro atoms. The normalized spacial score (nSPS) is 10.1. The van der Waals surface area contributed by atoms with Gasteiger partial charge in [0.1, 0.15) is 5.82 Å². The second-order valence-electron chi connectivity index (χ2n) is 4.86. The molecule has 26 heavy (non-hydrogen) atoms. The first-order valence-corrected chi connectivity index (χ1v) is 8.70. The summed E-state index contributed by atoms with van der Waals surface area (Å²) in [6, 6.07) is 11.5. The number of ether oxygens (including phenoxy) is 1. The summed E-state index contributed by atoms with van der Waals surface area (Å²) in [7, 11) is 0. The predicted octanol–water partition coefficient (Wildman–Crippen LogP) is 3.46. The average Bonchev–Trinajstić information content (AvgIpc) is 2.61. The van der Waals surface area contributed by atoms with Gasteiger partial charge >= 0.3 is 12.0 Å². The fourth-order valence-electron chi connectivity index (χ4n) is 1.77. The van der Waals surface area contributed by atoms with Gasteiger partial charge in [-0.3, -0.25) is 14.9 Å². The first-order valence-electron chi connectivity index (χ1n) is 7.34. The molecule has 0 fully saturated rings. The summed E-state index contributed by atoms with van der Waals surface area (Å²) in [5.74, 6) is -2.16. The quantitative estimate of drug-likeness (QED) is 0.577. The van der Waals surface area contributed by atoms with Gasteiger partial charge in [0.25, 0.3) is 5.91 Å². The number of hydrogen-bond acceptors (Lipinski definition) is 5. The molecule has 0 saturated carbocycles. The minimum Gasteiger partial charge on any atom is -0.455 e. The largest absolute Gasteiger partial charge is 0.455 e. The van der Waals surface area contributed by atoms with E-state index < -0.39 is 30.3 Å². The molecule has 2 aromatic carbocycles. The Morgan fingerprint density at radius 3 is 2.50 bits per heavy atom. The first-order chi connectivity index (χ1) is 12.5. The third-order valence-electron chi connectivity index (χ3n) is 2.92. The molecule has 3 amide bonds. The molecule has 0 aromatic heterocycles. The summed E-state index contributed by atoms with van der Waals surface area (Å²) in [5.41, 5.74) is -0.0778. The van der Waals surface area contributed by atoms with Crippen molar-refractivity contribution in [2.24, 2.45) is 0 Å². The number of hydrogen-bond donors (Lipinski definition) is 2. The van der Waals surface area contributed by atoms with E-state index in [1.54, 1.807) is 24.3 Å². The van der Waals surface area contributed by atoms with Crippen molar-refractivity contribution in [1.29, 1.82) is 0 Å². The molecule has 2 N–H and O–H groups in total. The summed E-state index contributed by atoms with van der Waals surface area (Å²) in [6.45, 7) is -0.632. The van der Waals surface area contributed by atoms with Crippen LogP contribution in [0.1, 0.15) is 0 Å². The molecule has 0 unspecified atom stereocenters. The van der Waals surface area contributed by atoms with Gasteiger partial charge in [0, 0.05) is 4.90 Å². The Morgan fingerprint density at radius 1 is 1.08 bits per heavy atom. The third kappa shape index (κ3) is 6.38. The molecule has 2 aromatic rings. The zero-order valence-electron chi connectivity index (χ0n) is 13.3. The maximum absolute atomic E-state index is 13.4. The summed E-state index contributed by atoms with van der Waals surface area (Å²) in [6.07, 6.45) is 0. The minimum atomic E-state index is -0.929. The molecule has 0 aliphatic rings. The zero-order valence-corrected chi connectivity index (χ0v) is 14.9. The lowest BCUT2D eigenvalue weighted by molar-refractivity contribution is -0.145. The number of benzene rings is 2. The van der Waals surface area contributed by atoms with Crippen LogP contribution in [-0.2, 0) is 14.3 Å². The number of thioether (sulfide) groups is 1. The van der Waals surface area contributed by atoms with Gasteiger partial charge in [0.05, 0.1) is 16.5 Å². The number of imide groups is 1. The van der Waals surface area contributed by atoms with Crippen LogP contribution in [0.5, 0.6) is 0 Å². The highest BCUT2D eigenvalue weighted by Crippen LogP contribution is 2.26. The summed E-state index contributed by atoms with van der Waals surface area (Å²) in [4.78, 5) is 35.5. The van der Waals surface area contributed by atoms with Gasteiger partial charge in [0.2, 0.25) is 0 Å². The van der Waals surface area contributed by atoms with E-state index in [1.807, 2.05) is 5.32 Å². The highest BCUT2D eigenvalue weighted by atomic mass is 35.5. The highest BCUT2D eigenvalue weighted by Gasteiger charge is 2.13. The molecule has 0 aliphatic heterocycles. The van der Waals surface area contributed by atoms with Gasteiger partial charge in [-0.25, -0.2) is 9.18 Å². The molecule has 0 atom stereocenters. The van der Waals surface area contributed by atoms with E-state index in [2.05, 4.69) is 5.32 Å². The lowest BCUT2D eigenvalue weighted by Gasteiger charge is -2.08. The second kappa shape index (κ2) is 9.79. The highest BCUT2D eigenvalue weighted by molar-refractivity contribution is 8.00. The van der Waals surface area contributed by atoms with Gasteiger partial charge in [-0.2, -0.15) is 0 Å². The Hall–Kier alpha value is -2.58. The second-order valence-corrected chi connectivity index (χ2v) is 6.29. The SMILES string of the molecule is O=C(COC(=O)CSc1ccccc1Cl)NC(=O)Nc1ccccc1F. The Kier molecular flexibility index (Phi) is 7.43. The van der Waals surface area contributed by atoms with E-state index in [1.165, 1.54) is 18.2 Å². The number of esters is 1. The summed E-state index contributed by atoms with van der Waals surface area (Å²) >= 11 is 7.13. The minimum absolute atomic E-state index is 0.0432. The third-order valence-corrected chi connectivity index (χ3v) is 4.41. The van der Waals surface area contributed by atoms with E-state index in [-0.39, 0.29) is 11.4 Å². The predicted molar refractivity (Wildman–Crippen MR) is 96.7 cm³/mol. The average molecular weight is 397 g/mol. The monoisotopic (exact) mass is 396 g/mol. The van der Waals surface area contributed by atoms with Crippen LogP contribution in [0.25, 0.3) is 0 Å². The van der Waals surface area contributed by atoms with Gasteiger partial charge in [-0.1, -0.05) is 35.9 Å². The topological polar surface area (TPSA) is 84.5 Å². The van der Waals surface area contributed by atoms with Crippen molar-refractivity contribution in [1.82, 2.24) is 5.32 Å². The van der Waals surface area contributed by atoms with Crippen molar-refractivity contribution in [3.05, 3.63) is 59.4 Å². The van der Waals surface area contributed by atoms with Crippen molar-refractivity contribution >= 4 is 47.0 Å². The molecule has 9 heteroatoms. The van der Waals surface area contributed by atoms with E-state index in [0.717, 1.165) is 17.8 Å². The number of anilines is 1. The molecule has 0 bridgehead atoms. The molecule has 0 heterocycles. The van der Waals surface area contributed by atoms with E-state index in [4.69, 9.17) is 16.3 Å². The maximum atomic E-state index is 13.4. The molecule has 0 aliphatic carbocycles. The van der Waals surface area contributed by atoms with Crippen molar-refractivity contribution in [2.45, 2.75) is 4.90 Å². The van der Waals surface area contributed by atoms with E-state index >= 15 is 0 Å². The Labute approximate surface area is 158 Å². The fraction of sp³-hybridized carbons (Fsp3) is 0.118. The number of para-hydroxylation sites is 1. The van der Waals surface area contributed by atoms with Gasteiger partial charge in [-0.15, -0.1) is 11.8 Å².